The van der Waals surface area contributed by atoms with E-state index in [1.807, 2.05) is 6.92 Å². The second-order valence-electron chi connectivity index (χ2n) is 5.05. The van der Waals surface area contributed by atoms with Gasteiger partial charge in [0, 0.05) is 16.6 Å². The first-order valence-corrected chi connectivity index (χ1v) is 6.13. The lowest BCUT2D eigenvalue weighted by Gasteiger charge is -2.11. The highest BCUT2D eigenvalue weighted by Crippen LogP contribution is 2.33. The first-order valence-electron chi connectivity index (χ1n) is 6.13. The monoisotopic (exact) mass is 245 g/mol. The second kappa shape index (κ2) is 4.16. The summed E-state index contributed by atoms with van der Waals surface area (Å²) >= 11 is 0. The standard InChI is InChI=1S/C15H19NO2/c1-7-8(2)10(4)15-14(9(7)3)12(6-13(17)18)11(5)16-15/h16H,6H2,1-5H3,(H,17,18). The van der Waals surface area contributed by atoms with Gasteiger partial charge in [-0.2, -0.15) is 0 Å². The molecule has 0 amide bonds. The van der Waals surface area contributed by atoms with Crippen molar-refractivity contribution in [3.8, 4) is 0 Å². The Kier molecular flexibility index (Phi) is 2.93. The van der Waals surface area contributed by atoms with Crippen LogP contribution in [0.3, 0.4) is 0 Å². The fraction of sp³-hybridized carbons (Fsp3) is 0.400. The molecule has 0 saturated heterocycles. The lowest BCUT2D eigenvalue weighted by atomic mass is 9.93. The summed E-state index contributed by atoms with van der Waals surface area (Å²) in [7, 11) is 0. The first-order chi connectivity index (χ1) is 8.34. The van der Waals surface area contributed by atoms with Crippen molar-refractivity contribution < 1.29 is 9.90 Å². The van der Waals surface area contributed by atoms with Gasteiger partial charge in [-0.25, -0.2) is 0 Å². The van der Waals surface area contributed by atoms with E-state index in [0.717, 1.165) is 22.2 Å². The predicted octanol–water partition coefficient (Wildman–Crippen LogP) is 3.34. The van der Waals surface area contributed by atoms with Crippen molar-refractivity contribution in [1.82, 2.24) is 4.98 Å². The topological polar surface area (TPSA) is 53.1 Å². The number of benzene rings is 1. The van der Waals surface area contributed by atoms with Crippen LogP contribution in [0.25, 0.3) is 10.9 Å². The van der Waals surface area contributed by atoms with E-state index in [-0.39, 0.29) is 6.42 Å². The Morgan fingerprint density at radius 3 is 2.11 bits per heavy atom. The van der Waals surface area contributed by atoms with Crippen molar-refractivity contribution in [2.24, 2.45) is 0 Å². The van der Waals surface area contributed by atoms with Crippen molar-refractivity contribution in [3.05, 3.63) is 33.5 Å². The summed E-state index contributed by atoms with van der Waals surface area (Å²) in [5, 5.41) is 10.1. The summed E-state index contributed by atoms with van der Waals surface area (Å²) in [4.78, 5) is 14.3. The molecule has 18 heavy (non-hydrogen) atoms. The molecule has 0 atom stereocenters. The van der Waals surface area contributed by atoms with Crippen LogP contribution < -0.4 is 0 Å². The number of aryl methyl sites for hydroxylation is 3. The van der Waals surface area contributed by atoms with Crippen LogP contribution in [0.1, 0.15) is 33.5 Å². The molecule has 2 rings (SSSR count). The van der Waals surface area contributed by atoms with Crippen LogP contribution in [-0.4, -0.2) is 16.1 Å². The lowest BCUT2D eigenvalue weighted by molar-refractivity contribution is -0.136. The molecule has 1 aromatic heterocycles. The summed E-state index contributed by atoms with van der Waals surface area (Å²) < 4.78 is 0. The van der Waals surface area contributed by atoms with Gasteiger partial charge in [0.25, 0.3) is 0 Å². The molecule has 0 saturated carbocycles. The minimum Gasteiger partial charge on any atom is -0.481 e. The number of carbonyl (C=O) groups is 1. The van der Waals surface area contributed by atoms with Gasteiger partial charge in [-0.3, -0.25) is 4.79 Å². The van der Waals surface area contributed by atoms with Gasteiger partial charge in [-0.1, -0.05) is 0 Å². The second-order valence-corrected chi connectivity index (χ2v) is 5.05. The SMILES string of the molecule is Cc1[nH]c2c(C)c(C)c(C)c(C)c2c1CC(=O)O. The van der Waals surface area contributed by atoms with Crippen LogP contribution in [0.4, 0.5) is 0 Å². The van der Waals surface area contributed by atoms with Gasteiger partial charge in [0.05, 0.1) is 6.42 Å². The number of carboxylic acids is 1. The van der Waals surface area contributed by atoms with Gasteiger partial charge in [-0.15, -0.1) is 0 Å². The van der Waals surface area contributed by atoms with E-state index >= 15 is 0 Å². The molecule has 1 aromatic carbocycles. The molecule has 0 bridgehead atoms. The third-order valence-electron chi connectivity index (χ3n) is 4.08. The van der Waals surface area contributed by atoms with Crippen molar-refractivity contribution in [3.63, 3.8) is 0 Å². The largest absolute Gasteiger partial charge is 0.481 e. The number of fused-ring (bicyclic) bond motifs is 1. The number of carboxylic acid groups (broad SMARTS) is 1. The van der Waals surface area contributed by atoms with E-state index in [0.29, 0.717) is 0 Å². The molecular weight excluding hydrogens is 226 g/mol. The fourth-order valence-corrected chi connectivity index (χ4v) is 2.67. The molecule has 0 spiro atoms. The van der Waals surface area contributed by atoms with Gasteiger partial charge in [0.1, 0.15) is 0 Å². The van der Waals surface area contributed by atoms with Crippen LogP contribution in [0.2, 0.25) is 0 Å². The van der Waals surface area contributed by atoms with E-state index in [1.165, 1.54) is 22.3 Å². The van der Waals surface area contributed by atoms with E-state index in [1.54, 1.807) is 0 Å². The van der Waals surface area contributed by atoms with Gasteiger partial charge in [0.15, 0.2) is 0 Å². The summed E-state index contributed by atoms with van der Waals surface area (Å²) in [6.45, 7) is 10.3. The fourth-order valence-electron chi connectivity index (χ4n) is 2.67. The van der Waals surface area contributed by atoms with Gasteiger partial charge < -0.3 is 10.1 Å². The molecule has 0 aliphatic rings. The molecule has 96 valence electrons. The molecule has 0 radical (unpaired) electrons. The van der Waals surface area contributed by atoms with Crippen molar-refractivity contribution >= 4 is 16.9 Å². The minimum absolute atomic E-state index is 0.0780. The molecule has 2 N–H and O–H groups in total. The minimum atomic E-state index is -0.783. The normalized spacial score (nSPS) is 11.2. The Labute approximate surface area is 107 Å². The third-order valence-corrected chi connectivity index (χ3v) is 4.08. The molecule has 0 fully saturated rings. The van der Waals surface area contributed by atoms with Crippen LogP contribution in [-0.2, 0) is 11.2 Å². The number of hydrogen-bond acceptors (Lipinski definition) is 1. The van der Waals surface area contributed by atoms with Crippen LogP contribution in [0.15, 0.2) is 0 Å². The van der Waals surface area contributed by atoms with Crippen molar-refractivity contribution in [2.45, 2.75) is 41.0 Å². The Morgan fingerprint density at radius 1 is 1.00 bits per heavy atom. The third kappa shape index (κ3) is 1.70. The number of nitrogens with one attached hydrogen (secondary N) is 1. The Bertz CT molecular complexity index is 651. The molecule has 2 aromatic rings. The van der Waals surface area contributed by atoms with Crippen LogP contribution in [0, 0.1) is 34.6 Å². The highest BCUT2D eigenvalue weighted by molar-refractivity contribution is 5.94. The number of hydrogen-bond donors (Lipinski definition) is 2. The zero-order chi connectivity index (χ0) is 13.6. The Hall–Kier alpha value is -1.77. The van der Waals surface area contributed by atoms with Gasteiger partial charge in [0.2, 0.25) is 0 Å². The number of aromatic amines is 1. The lowest BCUT2D eigenvalue weighted by Crippen LogP contribution is -2.02. The molecule has 0 unspecified atom stereocenters. The first kappa shape index (κ1) is 12.7. The summed E-state index contributed by atoms with van der Waals surface area (Å²) in [5.74, 6) is -0.783. The maximum atomic E-state index is 11.0. The molecule has 1 heterocycles. The van der Waals surface area contributed by atoms with Crippen LogP contribution in [0.5, 0.6) is 0 Å². The molecular formula is C15H19NO2. The average Bonchev–Trinajstić information content (AvgIpc) is 2.61. The zero-order valence-electron chi connectivity index (χ0n) is 11.6. The summed E-state index contributed by atoms with van der Waals surface area (Å²) in [6, 6.07) is 0. The van der Waals surface area contributed by atoms with Gasteiger partial charge in [-0.05, 0) is 62.4 Å². The van der Waals surface area contributed by atoms with Crippen LogP contribution >= 0.6 is 0 Å². The Morgan fingerprint density at radius 2 is 1.56 bits per heavy atom. The van der Waals surface area contributed by atoms with E-state index in [4.69, 9.17) is 5.11 Å². The molecule has 3 heteroatoms. The average molecular weight is 245 g/mol. The molecule has 0 aliphatic carbocycles. The maximum Gasteiger partial charge on any atom is 0.307 e. The number of rotatable bonds is 2. The maximum absolute atomic E-state index is 11.0. The quantitative estimate of drug-likeness (QED) is 0.852. The smallest absolute Gasteiger partial charge is 0.307 e. The zero-order valence-corrected chi connectivity index (χ0v) is 11.6. The summed E-state index contributed by atoms with van der Waals surface area (Å²) in [6.07, 6.45) is 0.0780. The van der Waals surface area contributed by atoms with Gasteiger partial charge >= 0.3 is 5.97 Å². The van der Waals surface area contributed by atoms with E-state index < -0.39 is 5.97 Å². The number of aromatic nitrogens is 1. The van der Waals surface area contributed by atoms with Crippen molar-refractivity contribution in [1.29, 1.82) is 0 Å². The van der Waals surface area contributed by atoms with E-state index in [2.05, 4.69) is 32.7 Å². The molecule has 3 nitrogen and oxygen atoms in total. The molecule has 0 aliphatic heterocycles. The highest BCUT2D eigenvalue weighted by Gasteiger charge is 2.17. The van der Waals surface area contributed by atoms with E-state index in [9.17, 15) is 4.79 Å². The van der Waals surface area contributed by atoms with Crippen molar-refractivity contribution in [2.75, 3.05) is 0 Å². The number of aliphatic carboxylic acids is 1. The Balaban J connectivity index is 2.89. The highest BCUT2D eigenvalue weighted by atomic mass is 16.4. The number of H-pyrrole nitrogens is 1. The predicted molar refractivity (Wildman–Crippen MR) is 73.3 cm³/mol. The summed E-state index contributed by atoms with van der Waals surface area (Å²) in [5.41, 5.74) is 7.91.